The van der Waals surface area contributed by atoms with E-state index in [0.29, 0.717) is 11.8 Å². The van der Waals surface area contributed by atoms with Crippen LogP contribution in [0.4, 0.5) is 0 Å². The van der Waals surface area contributed by atoms with Gasteiger partial charge in [-0.15, -0.1) is 11.3 Å². The standard InChI is InChI=1S/C16H24N2OS/c1-12-4-2-5-13(10-12)16(19)18-8-3-6-14(11-18)15-17-7-9-20-15/h7,9,12-14H,2-6,8,10-11H2,1H3/t12-,13-,14-/m1/s1. The highest BCUT2D eigenvalue weighted by atomic mass is 32.1. The normalized spacial score (nSPS) is 31.2. The van der Waals surface area contributed by atoms with E-state index in [9.17, 15) is 4.79 Å². The summed E-state index contributed by atoms with van der Waals surface area (Å²) in [5.74, 6) is 1.89. The largest absolute Gasteiger partial charge is 0.342 e. The molecular formula is C16H24N2OS. The Morgan fingerprint density at radius 3 is 3.00 bits per heavy atom. The molecule has 4 heteroatoms. The average molecular weight is 292 g/mol. The zero-order valence-corrected chi connectivity index (χ0v) is 13.1. The third-order valence-corrected chi connectivity index (χ3v) is 5.76. The second-order valence-corrected chi connectivity index (χ2v) is 7.39. The lowest BCUT2D eigenvalue weighted by Gasteiger charge is -2.36. The van der Waals surface area contributed by atoms with Gasteiger partial charge < -0.3 is 4.90 Å². The van der Waals surface area contributed by atoms with Crippen molar-refractivity contribution in [3.8, 4) is 0 Å². The zero-order chi connectivity index (χ0) is 13.9. The molecule has 3 atom stereocenters. The maximum absolute atomic E-state index is 12.7. The van der Waals surface area contributed by atoms with E-state index in [1.807, 2.05) is 11.6 Å². The minimum atomic E-state index is 0.286. The first-order valence-corrected chi connectivity index (χ1v) is 8.80. The third-order valence-electron chi connectivity index (χ3n) is 4.82. The van der Waals surface area contributed by atoms with E-state index in [4.69, 9.17) is 0 Å². The van der Waals surface area contributed by atoms with Gasteiger partial charge in [0.15, 0.2) is 0 Å². The molecule has 0 unspecified atom stereocenters. The highest BCUT2D eigenvalue weighted by molar-refractivity contribution is 7.09. The minimum absolute atomic E-state index is 0.286. The number of piperidine rings is 1. The van der Waals surface area contributed by atoms with Crippen molar-refractivity contribution in [3.05, 3.63) is 16.6 Å². The lowest BCUT2D eigenvalue weighted by atomic mass is 9.81. The van der Waals surface area contributed by atoms with Crippen LogP contribution in [0, 0.1) is 11.8 Å². The predicted octanol–water partition coefficient (Wildman–Crippen LogP) is 3.68. The van der Waals surface area contributed by atoms with Crippen LogP contribution in [0.25, 0.3) is 0 Å². The van der Waals surface area contributed by atoms with Crippen molar-refractivity contribution in [2.45, 2.75) is 51.4 Å². The number of aromatic nitrogens is 1. The topological polar surface area (TPSA) is 33.2 Å². The van der Waals surface area contributed by atoms with Crippen molar-refractivity contribution in [1.29, 1.82) is 0 Å². The van der Waals surface area contributed by atoms with Crippen molar-refractivity contribution < 1.29 is 4.79 Å². The summed E-state index contributed by atoms with van der Waals surface area (Å²) in [6.45, 7) is 4.12. The molecule has 0 bridgehead atoms. The van der Waals surface area contributed by atoms with Gasteiger partial charge in [0.05, 0.1) is 5.01 Å². The minimum Gasteiger partial charge on any atom is -0.342 e. The summed E-state index contributed by atoms with van der Waals surface area (Å²) in [6, 6.07) is 0. The van der Waals surface area contributed by atoms with E-state index >= 15 is 0 Å². The van der Waals surface area contributed by atoms with E-state index in [-0.39, 0.29) is 5.92 Å². The van der Waals surface area contributed by atoms with Crippen LogP contribution in [0.3, 0.4) is 0 Å². The molecule has 2 heterocycles. The van der Waals surface area contributed by atoms with Crippen LogP contribution in [0.1, 0.15) is 56.4 Å². The Balaban J connectivity index is 1.63. The third kappa shape index (κ3) is 3.05. The fraction of sp³-hybridized carbons (Fsp3) is 0.750. The second-order valence-electron chi connectivity index (χ2n) is 6.46. The lowest BCUT2D eigenvalue weighted by molar-refractivity contribution is -0.138. The van der Waals surface area contributed by atoms with Crippen molar-refractivity contribution in [3.63, 3.8) is 0 Å². The van der Waals surface area contributed by atoms with Crippen LogP contribution in [-0.2, 0) is 4.79 Å². The number of nitrogens with zero attached hydrogens (tertiary/aromatic N) is 2. The number of hydrogen-bond donors (Lipinski definition) is 0. The van der Waals surface area contributed by atoms with Crippen LogP contribution < -0.4 is 0 Å². The van der Waals surface area contributed by atoms with Crippen LogP contribution in [-0.4, -0.2) is 28.9 Å². The summed E-state index contributed by atoms with van der Waals surface area (Å²) in [5, 5.41) is 3.25. The molecular weight excluding hydrogens is 268 g/mol. The monoisotopic (exact) mass is 292 g/mol. The summed E-state index contributed by atoms with van der Waals surface area (Å²) < 4.78 is 0. The summed E-state index contributed by atoms with van der Waals surface area (Å²) >= 11 is 1.73. The molecule has 0 radical (unpaired) electrons. The van der Waals surface area contributed by atoms with Crippen LogP contribution in [0.2, 0.25) is 0 Å². The number of carbonyl (C=O) groups excluding carboxylic acids is 1. The summed E-state index contributed by atoms with van der Waals surface area (Å²) in [6.07, 6.45) is 8.89. The fourth-order valence-electron chi connectivity index (χ4n) is 3.73. The first-order chi connectivity index (χ1) is 9.74. The molecule has 20 heavy (non-hydrogen) atoms. The van der Waals surface area contributed by atoms with Crippen LogP contribution >= 0.6 is 11.3 Å². The van der Waals surface area contributed by atoms with Crippen LogP contribution in [0.5, 0.6) is 0 Å². The molecule has 1 saturated heterocycles. The van der Waals surface area contributed by atoms with Gasteiger partial charge in [0, 0.05) is 36.5 Å². The molecule has 0 spiro atoms. The van der Waals surface area contributed by atoms with E-state index < -0.39 is 0 Å². The van der Waals surface area contributed by atoms with Gasteiger partial charge in [0.1, 0.15) is 0 Å². The van der Waals surface area contributed by atoms with E-state index in [1.165, 1.54) is 24.3 Å². The lowest BCUT2D eigenvalue weighted by Crippen LogP contribution is -2.43. The van der Waals surface area contributed by atoms with Crippen LogP contribution in [0.15, 0.2) is 11.6 Å². The maximum Gasteiger partial charge on any atom is 0.225 e. The number of rotatable bonds is 2. The Hall–Kier alpha value is -0.900. The molecule has 0 aromatic carbocycles. The molecule has 1 aromatic heterocycles. The molecule has 1 aromatic rings. The van der Waals surface area contributed by atoms with E-state index in [1.54, 1.807) is 11.3 Å². The quantitative estimate of drug-likeness (QED) is 0.833. The molecule has 2 aliphatic rings. The number of thiazole rings is 1. The van der Waals surface area contributed by atoms with Crippen molar-refractivity contribution >= 4 is 17.2 Å². The molecule has 3 nitrogen and oxygen atoms in total. The Morgan fingerprint density at radius 2 is 2.25 bits per heavy atom. The SMILES string of the molecule is C[C@@H]1CCC[C@@H](C(=O)N2CCC[C@@H](c3nccs3)C2)C1. The van der Waals surface area contributed by atoms with Gasteiger partial charge in [0.2, 0.25) is 5.91 Å². The predicted molar refractivity (Wildman–Crippen MR) is 81.8 cm³/mol. The molecule has 0 N–H and O–H groups in total. The van der Waals surface area contributed by atoms with Gasteiger partial charge in [0.25, 0.3) is 0 Å². The summed E-state index contributed by atoms with van der Waals surface area (Å²) in [7, 11) is 0. The van der Waals surface area contributed by atoms with Gasteiger partial charge >= 0.3 is 0 Å². The van der Waals surface area contributed by atoms with E-state index in [0.717, 1.165) is 38.3 Å². The number of likely N-dealkylation sites (tertiary alicyclic amines) is 1. The Kier molecular flexibility index (Phi) is 4.39. The molecule has 110 valence electrons. The van der Waals surface area contributed by atoms with Gasteiger partial charge in [-0.1, -0.05) is 19.8 Å². The van der Waals surface area contributed by atoms with Crippen molar-refractivity contribution in [1.82, 2.24) is 9.88 Å². The zero-order valence-electron chi connectivity index (χ0n) is 12.3. The highest BCUT2D eigenvalue weighted by Crippen LogP contribution is 2.33. The number of carbonyl (C=O) groups is 1. The Labute approximate surface area is 125 Å². The summed E-state index contributed by atoms with van der Waals surface area (Å²) in [5.41, 5.74) is 0. The Morgan fingerprint density at radius 1 is 1.35 bits per heavy atom. The van der Waals surface area contributed by atoms with Gasteiger partial charge in [-0.25, -0.2) is 4.98 Å². The molecule has 1 aliphatic carbocycles. The molecule has 3 rings (SSSR count). The first-order valence-electron chi connectivity index (χ1n) is 7.92. The molecule has 1 amide bonds. The van der Waals surface area contributed by atoms with E-state index in [2.05, 4.69) is 16.8 Å². The van der Waals surface area contributed by atoms with Gasteiger partial charge in [-0.05, 0) is 31.6 Å². The average Bonchev–Trinajstić information content (AvgIpc) is 3.01. The Bertz CT molecular complexity index is 445. The van der Waals surface area contributed by atoms with Crippen molar-refractivity contribution in [2.24, 2.45) is 11.8 Å². The second kappa shape index (κ2) is 6.25. The maximum atomic E-state index is 12.7. The molecule has 1 saturated carbocycles. The fourth-order valence-corrected chi connectivity index (χ4v) is 4.50. The molecule has 2 fully saturated rings. The summed E-state index contributed by atoms with van der Waals surface area (Å²) in [4.78, 5) is 19.3. The number of hydrogen-bond acceptors (Lipinski definition) is 3. The van der Waals surface area contributed by atoms with Gasteiger partial charge in [-0.3, -0.25) is 4.79 Å². The van der Waals surface area contributed by atoms with Gasteiger partial charge in [-0.2, -0.15) is 0 Å². The van der Waals surface area contributed by atoms with Crippen molar-refractivity contribution in [2.75, 3.05) is 13.1 Å². The highest BCUT2D eigenvalue weighted by Gasteiger charge is 2.32. The smallest absolute Gasteiger partial charge is 0.225 e. The number of amides is 1. The first kappa shape index (κ1) is 14.1. The molecule has 1 aliphatic heterocycles.